The van der Waals surface area contributed by atoms with E-state index in [9.17, 15) is 24.6 Å². The number of hydrazone groups is 1. The number of hydrogen-bond donors (Lipinski definition) is 5. The van der Waals surface area contributed by atoms with Crippen LogP contribution in [0.25, 0.3) is 22.2 Å². The Morgan fingerprint density at radius 3 is 2.53 bits per heavy atom. The smallest absolute Gasteiger partial charge is 0.272 e. The van der Waals surface area contributed by atoms with Crippen LogP contribution in [-0.4, -0.2) is 40.3 Å². The quantitative estimate of drug-likeness (QED) is 0.284. The fourth-order valence-electron chi connectivity index (χ4n) is 4.24. The molecule has 1 aromatic heterocycles. The maximum Gasteiger partial charge on any atom is 0.272 e. The molecule has 180 valence electrons. The number of benzene rings is 3. The molecule has 0 aliphatic carbocycles. The van der Waals surface area contributed by atoms with Gasteiger partial charge in [0, 0.05) is 28.6 Å². The van der Waals surface area contributed by atoms with Gasteiger partial charge in [0.05, 0.1) is 17.5 Å². The first kappa shape index (κ1) is 22.7. The number of rotatable bonds is 6. The first-order valence-electron chi connectivity index (χ1n) is 11.0. The van der Waals surface area contributed by atoms with Crippen molar-refractivity contribution in [3.63, 3.8) is 0 Å². The highest BCUT2D eigenvalue weighted by Crippen LogP contribution is 2.34. The molecule has 2 heterocycles. The highest BCUT2D eigenvalue weighted by atomic mass is 16.4. The summed E-state index contributed by atoms with van der Waals surface area (Å²) in [6.45, 7) is 0. The van der Waals surface area contributed by atoms with Crippen LogP contribution >= 0.6 is 0 Å². The number of hydrogen-bond acceptors (Lipinski definition) is 6. The number of carbonyl (C=O) groups is 3. The van der Waals surface area contributed by atoms with Crippen molar-refractivity contribution in [1.29, 1.82) is 0 Å². The number of phenols is 1. The second-order valence-corrected chi connectivity index (χ2v) is 8.27. The summed E-state index contributed by atoms with van der Waals surface area (Å²) in [5.41, 5.74) is 6.68. The number of H-pyrrole nitrogens is 1. The van der Waals surface area contributed by atoms with E-state index in [2.05, 4.69) is 26.1 Å². The number of phenolic OH excluding ortho intramolecular Hbond substituents is 1. The summed E-state index contributed by atoms with van der Waals surface area (Å²) in [7, 11) is 0. The van der Waals surface area contributed by atoms with Crippen LogP contribution in [0.3, 0.4) is 0 Å². The van der Waals surface area contributed by atoms with Gasteiger partial charge in [-0.25, -0.2) is 5.43 Å². The van der Waals surface area contributed by atoms with Crippen molar-refractivity contribution < 1.29 is 24.6 Å². The second-order valence-electron chi connectivity index (χ2n) is 8.27. The normalized spacial score (nSPS) is 13.1. The maximum absolute atomic E-state index is 13.1. The predicted octanol–water partition coefficient (Wildman–Crippen LogP) is 2.10. The van der Waals surface area contributed by atoms with Crippen molar-refractivity contribution in [2.45, 2.75) is 12.5 Å². The van der Waals surface area contributed by atoms with E-state index in [0.29, 0.717) is 27.7 Å². The van der Waals surface area contributed by atoms with Crippen LogP contribution in [0.5, 0.6) is 5.75 Å². The Bertz CT molecular complexity index is 1510. The van der Waals surface area contributed by atoms with Crippen molar-refractivity contribution in [3.05, 3.63) is 83.4 Å². The third kappa shape index (κ3) is 4.47. The fourth-order valence-corrected chi connectivity index (χ4v) is 4.24. The third-order valence-electron chi connectivity index (χ3n) is 5.86. The summed E-state index contributed by atoms with van der Waals surface area (Å²) in [4.78, 5) is 40.4. The number of nitrogens with zero attached hydrogens (tertiary/aromatic N) is 1. The molecular weight excluding hydrogens is 462 g/mol. The number of amides is 3. The molecule has 36 heavy (non-hydrogen) atoms. The first-order valence-corrected chi connectivity index (χ1v) is 11.0. The summed E-state index contributed by atoms with van der Waals surface area (Å²) in [5, 5.41) is 30.2. The lowest BCUT2D eigenvalue weighted by Crippen LogP contribution is -2.50. The standard InChI is InChI=1S/C26H21N5O5/c32-17-8-6-14(7-9-17)10-21(30-26(35)36)25(34)28-16-11-18-22-19(13-27-31-24(18)33)23(29-20(22)12-16)15-4-2-1-3-5-15/h1-9,11-13,21,29-30,32H,10H2,(H,28,34)(H,31,33)(H,35,36)/p-1/t21-/m1/s1. The van der Waals surface area contributed by atoms with E-state index in [0.717, 1.165) is 16.8 Å². The van der Waals surface area contributed by atoms with Gasteiger partial charge < -0.3 is 30.6 Å². The number of aromatic hydroxyl groups is 1. The highest BCUT2D eigenvalue weighted by Gasteiger charge is 2.24. The summed E-state index contributed by atoms with van der Waals surface area (Å²) in [6.07, 6.45) is -0.00594. The molecule has 5 N–H and O–H groups in total. The molecule has 1 atom stereocenters. The third-order valence-corrected chi connectivity index (χ3v) is 5.86. The van der Waals surface area contributed by atoms with Gasteiger partial charge in [-0.15, -0.1) is 0 Å². The monoisotopic (exact) mass is 482 g/mol. The molecule has 0 bridgehead atoms. The number of nitrogens with one attached hydrogen (secondary N) is 4. The van der Waals surface area contributed by atoms with Crippen LogP contribution in [0.4, 0.5) is 10.5 Å². The van der Waals surface area contributed by atoms with Gasteiger partial charge in [0.25, 0.3) is 5.91 Å². The minimum atomic E-state index is -1.60. The first-order chi connectivity index (χ1) is 17.4. The lowest BCUT2D eigenvalue weighted by molar-refractivity contribution is -0.251. The van der Waals surface area contributed by atoms with Gasteiger partial charge in [-0.05, 0) is 35.4 Å². The Balaban J connectivity index is 1.51. The topological polar surface area (TPSA) is 159 Å². The zero-order valence-electron chi connectivity index (χ0n) is 18.7. The number of aromatic amines is 1. The van der Waals surface area contributed by atoms with Crippen molar-refractivity contribution in [2.24, 2.45) is 5.10 Å². The minimum Gasteiger partial charge on any atom is -0.530 e. The van der Waals surface area contributed by atoms with Crippen molar-refractivity contribution in [1.82, 2.24) is 15.7 Å². The average Bonchev–Trinajstić information content (AvgIpc) is 3.14. The maximum atomic E-state index is 13.1. The minimum absolute atomic E-state index is 0.0221. The molecule has 0 radical (unpaired) electrons. The SMILES string of the molecule is O=C([O-])N[C@H](Cc1ccc(O)cc1)C(=O)Nc1cc2c3c(c(-c4ccccc4)[nH]c3c1)C=NNC2=O. The molecule has 3 aromatic carbocycles. The molecule has 5 rings (SSSR count). The fraction of sp³-hybridized carbons (Fsp3) is 0.0769. The summed E-state index contributed by atoms with van der Waals surface area (Å²) in [6, 6.07) is 17.6. The summed E-state index contributed by atoms with van der Waals surface area (Å²) in [5.74, 6) is -1.04. The molecule has 3 amide bonds. The number of anilines is 1. The lowest BCUT2D eigenvalue weighted by atomic mass is 10.0. The van der Waals surface area contributed by atoms with E-state index in [1.165, 1.54) is 18.2 Å². The summed E-state index contributed by atoms with van der Waals surface area (Å²) < 4.78 is 0. The van der Waals surface area contributed by atoms with E-state index < -0.39 is 23.9 Å². The van der Waals surface area contributed by atoms with Crippen LogP contribution in [0.2, 0.25) is 0 Å². The Hall–Kier alpha value is -5.12. The molecule has 0 fully saturated rings. The lowest BCUT2D eigenvalue weighted by Gasteiger charge is -2.20. The number of carbonyl (C=O) groups excluding carboxylic acids is 3. The molecule has 0 saturated carbocycles. The van der Waals surface area contributed by atoms with Gasteiger partial charge in [0.1, 0.15) is 17.9 Å². The van der Waals surface area contributed by atoms with Crippen LogP contribution in [0, 0.1) is 0 Å². The molecular formula is C26H20N5O5-. The van der Waals surface area contributed by atoms with Gasteiger partial charge in [0.15, 0.2) is 0 Å². The van der Waals surface area contributed by atoms with Crippen LogP contribution < -0.4 is 21.2 Å². The van der Waals surface area contributed by atoms with Crippen molar-refractivity contribution >= 4 is 40.7 Å². The second kappa shape index (κ2) is 9.26. The number of aromatic nitrogens is 1. The predicted molar refractivity (Wildman–Crippen MR) is 132 cm³/mol. The van der Waals surface area contributed by atoms with E-state index >= 15 is 0 Å². The van der Waals surface area contributed by atoms with E-state index in [4.69, 9.17) is 0 Å². The highest BCUT2D eigenvalue weighted by molar-refractivity contribution is 6.18. The van der Waals surface area contributed by atoms with Gasteiger partial charge in [-0.3, -0.25) is 9.59 Å². The van der Waals surface area contributed by atoms with Gasteiger partial charge in [0.2, 0.25) is 5.91 Å². The average molecular weight is 482 g/mol. The van der Waals surface area contributed by atoms with Gasteiger partial charge in [-0.1, -0.05) is 42.5 Å². The van der Waals surface area contributed by atoms with Gasteiger partial charge in [-0.2, -0.15) is 5.10 Å². The molecule has 0 spiro atoms. The van der Waals surface area contributed by atoms with Crippen LogP contribution in [-0.2, 0) is 11.2 Å². The zero-order valence-corrected chi connectivity index (χ0v) is 18.7. The molecule has 0 saturated heterocycles. The van der Waals surface area contributed by atoms with E-state index in [1.54, 1.807) is 24.4 Å². The van der Waals surface area contributed by atoms with Crippen LogP contribution in [0.1, 0.15) is 21.5 Å². The van der Waals surface area contributed by atoms with E-state index in [-0.39, 0.29) is 12.2 Å². The van der Waals surface area contributed by atoms with Crippen molar-refractivity contribution in [3.8, 4) is 17.0 Å². The Morgan fingerprint density at radius 1 is 1.06 bits per heavy atom. The molecule has 1 aliphatic rings. The zero-order chi connectivity index (χ0) is 25.2. The molecule has 1 aliphatic heterocycles. The van der Waals surface area contributed by atoms with Crippen LogP contribution in [0.15, 0.2) is 71.8 Å². The Labute approximate surface area is 204 Å². The Kier molecular flexibility index (Phi) is 5.83. The molecule has 0 unspecified atom stereocenters. The number of carboxylic acid groups (broad SMARTS) is 1. The largest absolute Gasteiger partial charge is 0.530 e. The van der Waals surface area contributed by atoms with Crippen molar-refractivity contribution in [2.75, 3.05) is 5.32 Å². The molecule has 4 aromatic rings. The molecule has 10 heteroatoms. The Morgan fingerprint density at radius 2 is 1.81 bits per heavy atom. The molecule has 10 nitrogen and oxygen atoms in total. The summed E-state index contributed by atoms with van der Waals surface area (Å²) >= 11 is 0. The van der Waals surface area contributed by atoms with Gasteiger partial charge >= 0.3 is 0 Å². The van der Waals surface area contributed by atoms with E-state index in [1.807, 2.05) is 30.3 Å².